The lowest BCUT2D eigenvalue weighted by Gasteiger charge is -2.42. The minimum atomic E-state index is -1.60. The van der Waals surface area contributed by atoms with E-state index in [2.05, 4.69) is 0 Å². The normalized spacial score (nSPS) is 40.6. The molecule has 2 heterocycles. The molecule has 0 spiro atoms. The molecule has 2 aliphatic heterocycles. The molecule has 10 atom stereocenters. The molecule has 0 saturated carbocycles. The third kappa shape index (κ3) is 6.07. The first kappa shape index (κ1) is 25.5. The van der Waals surface area contributed by atoms with Gasteiger partial charge in [-0.05, 0) is 5.56 Å². The third-order valence-corrected chi connectivity index (χ3v) is 6.51. The van der Waals surface area contributed by atoms with Crippen molar-refractivity contribution >= 4 is 17.8 Å². The number of thioether (sulfide) groups is 1. The van der Waals surface area contributed by atoms with Crippen LogP contribution in [0.1, 0.15) is 5.56 Å². The molecule has 0 unspecified atom stereocenters. The average molecular weight is 475 g/mol. The number of aliphatic hydroxyl groups is 7. The molecule has 1 aromatic rings. The van der Waals surface area contributed by atoms with E-state index in [9.17, 15) is 35.7 Å². The van der Waals surface area contributed by atoms with Gasteiger partial charge in [-0.2, -0.15) is 0 Å². The highest BCUT2D eigenvalue weighted by molar-refractivity contribution is 7.99. The van der Waals surface area contributed by atoms with Crippen LogP contribution >= 0.6 is 11.8 Å². The van der Waals surface area contributed by atoms with Crippen LogP contribution in [0.3, 0.4) is 0 Å². The van der Waals surface area contributed by atoms with Crippen LogP contribution in [0.25, 0.3) is 6.08 Å². The first-order chi connectivity index (χ1) is 15.3. The maximum absolute atomic E-state index is 10.3. The van der Waals surface area contributed by atoms with Gasteiger partial charge in [0.1, 0.15) is 54.3 Å². The summed E-state index contributed by atoms with van der Waals surface area (Å²) in [6.45, 7) is -0.946. The Morgan fingerprint density at radius 1 is 0.812 bits per heavy atom. The van der Waals surface area contributed by atoms with Crippen molar-refractivity contribution in [2.75, 3.05) is 19.0 Å². The van der Waals surface area contributed by atoms with Gasteiger partial charge in [-0.25, -0.2) is 0 Å². The SMILES string of the molecule is OC[C@H]1O[C@H](OC[C@H]2O[C@H](SCC=Cc3ccccc3)[C@@H](O)[C@@H](O)[C@@H]2O)[C@@H](O)[C@@H](O)[C@@H]1O. The number of hydrogen-bond donors (Lipinski definition) is 7. The molecule has 0 radical (unpaired) electrons. The van der Waals surface area contributed by atoms with E-state index in [1.807, 2.05) is 42.5 Å². The average Bonchev–Trinajstić information content (AvgIpc) is 2.81. The van der Waals surface area contributed by atoms with E-state index in [0.717, 1.165) is 5.56 Å². The molecule has 0 aromatic heterocycles. The fourth-order valence-corrected chi connectivity index (χ4v) is 4.46. The van der Waals surface area contributed by atoms with Crippen LogP contribution in [0.2, 0.25) is 0 Å². The Morgan fingerprint density at radius 3 is 2.16 bits per heavy atom. The first-order valence-electron chi connectivity index (χ1n) is 10.3. The molecule has 0 bridgehead atoms. The molecule has 0 amide bonds. The molecule has 0 aliphatic carbocycles. The minimum absolute atomic E-state index is 0.343. The van der Waals surface area contributed by atoms with Gasteiger partial charge in [0.05, 0.1) is 13.2 Å². The molecular formula is C21H30O10S. The molecule has 7 N–H and O–H groups in total. The van der Waals surface area contributed by atoms with E-state index in [-0.39, 0.29) is 6.61 Å². The fraction of sp³-hybridized carbons (Fsp3) is 0.619. The van der Waals surface area contributed by atoms with Gasteiger partial charge >= 0.3 is 0 Å². The second kappa shape index (κ2) is 11.9. The van der Waals surface area contributed by atoms with Gasteiger partial charge in [-0.15, -0.1) is 11.8 Å². The van der Waals surface area contributed by atoms with E-state index < -0.39 is 67.2 Å². The summed E-state index contributed by atoms with van der Waals surface area (Å²) in [5, 5.41) is 69.7. The summed E-state index contributed by atoms with van der Waals surface area (Å²) in [6.07, 6.45) is -8.80. The number of benzene rings is 1. The molecule has 11 heteroatoms. The molecule has 1 aromatic carbocycles. The van der Waals surface area contributed by atoms with Crippen LogP contribution < -0.4 is 0 Å². The summed E-state index contributed by atoms with van der Waals surface area (Å²) in [6, 6.07) is 9.63. The molecule has 32 heavy (non-hydrogen) atoms. The van der Waals surface area contributed by atoms with Crippen molar-refractivity contribution in [3.8, 4) is 0 Å². The van der Waals surface area contributed by atoms with Crippen molar-refractivity contribution in [1.82, 2.24) is 0 Å². The molecule has 2 fully saturated rings. The first-order valence-corrected chi connectivity index (χ1v) is 11.3. The van der Waals surface area contributed by atoms with E-state index in [4.69, 9.17) is 14.2 Å². The van der Waals surface area contributed by atoms with Gasteiger partial charge in [0, 0.05) is 5.75 Å². The van der Waals surface area contributed by atoms with Gasteiger partial charge in [0.2, 0.25) is 0 Å². The van der Waals surface area contributed by atoms with Gasteiger partial charge in [-0.3, -0.25) is 0 Å². The monoisotopic (exact) mass is 474 g/mol. The third-order valence-electron chi connectivity index (χ3n) is 5.41. The molecule has 180 valence electrons. The molecular weight excluding hydrogens is 444 g/mol. The molecule has 2 aliphatic rings. The van der Waals surface area contributed by atoms with Crippen molar-refractivity contribution in [2.45, 2.75) is 60.6 Å². The van der Waals surface area contributed by atoms with Crippen molar-refractivity contribution in [2.24, 2.45) is 0 Å². The molecule has 10 nitrogen and oxygen atoms in total. The van der Waals surface area contributed by atoms with Crippen LogP contribution in [0.4, 0.5) is 0 Å². The van der Waals surface area contributed by atoms with E-state index in [1.165, 1.54) is 11.8 Å². The molecule has 2 saturated heterocycles. The van der Waals surface area contributed by atoms with E-state index >= 15 is 0 Å². The zero-order valence-electron chi connectivity index (χ0n) is 17.2. The van der Waals surface area contributed by atoms with Crippen molar-refractivity contribution < 1.29 is 50.0 Å². The number of aliphatic hydroxyl groups excluding tert-OH is 7. The predicted octanol–water partition coefficient (Wildman–Crippen LogP) is -1.94. The number of ether oxygens (including phenoxy) is 3. The van der Waals surface area contributed by atoms with Gasteiger partial charge < -0.3 is 50.0 Å². The van der Waals surface area contributed by atoms with Gasteiger partial charge in [0.25, 0.3) is 0 Å². The maximum atomic E-state index is 10.3. The lowest BCUT2D eigenvalue weighted by Crippen LogP contribution is -2.61. The van der Waals surface area contributed by atoms with Crippen LogP contribution in [0.15, 0.2) is 36.4 Å². The van der Waals surface area contributed by atoms with Crippen molar-refractivity contribution in [1.29, 1.82) is 0 Å². The quantitative estimate of drug-likeness (QED) is 0.224. The zero-order chi connectivity index (χ0) is 23.3. The summed E-state index contributed by atoms with van der Waals surface area (Å²) in [7, 11) is 0. The second-order valence-corrected chi connectivity index (χ2v) is 8.82. The van der Waals surface area contributed by atoms with E-state index in [1.54, 1.807) is 0 Å². The Labute approximate surface area is 189 Å². The lowest BCUT2D eigenvalue weighted by molar-refractivity contribution is -0.311. The summed E-state index contributed by atoms with van der Waals surface area (Å²) in [5.74, 6) is 0.472. The van der Waals surface area contributed by atoms with Gasteiger partial charge in [0.15, 0.2) is 6.29 Å². The van der Waals surface area contributed by atoms with Gasteiger partial charge in [-0.1, -0.05) is 42.5 Å². The second-order valence-electron chi connectivity index (χ2n) is 7.69. The Hall–Kier alpha value is -1.09. The summed E-state index contributed by atoms with van der Waals surface area (Å²) < 4.78 is 16.4. The highest BCUT2D eigenvalue weighted by atomic mass is 32.2. The standard InChI is InChI=1S/C21H30O10S/c22-9-12-14(23)16(25)18(27)20(30-12)29-10-13-15(24)17(26)19(28)21(31-13)32-8-4-7-11-5-2-1-3-6-11/h1-7,12-28H,8-10H2/t12-,13-,14-,15-,16+,17+,18+,19+,20+,21-/m1/s1. The Balaban J connectivity index is 1.54. The van der Waals surface area contributed by atoms with Crippen molar-refractivity contribution in [3.05, 3.63) is 42.0 Å². The Bertz CT molecular complexity index is 720. The Kier molecular flexibility index (Phi) is 9.46. The summed E-state index contributed by atoms with van der Waals surface area (Å²) in [5.41, 5.74) is 0.164. The maximum Gasteiger partial charge on any atom is 0.186 e. The van der Waals surface area contributed by atoms with Crippen molar-refractivity contribution in [3.63, 3.8) is 0 Å². The summed E-state index contributed by atoms with van der Waals surface area (Å²) >= 11 is 1.23. The van der Waals surface area contributed by atoms with E-state index in [0.29, 0.717) is 5.75 Å². The summed E-state index contributed by atoms with van der Waals surface area (Å²) in [4.78, 5) is 0. The zero-order valence-corrected chi connectivity index (χ0v) is 18.0. The minimum Gasteiger partial charge on any atom is -0.394 e. The fourth-order valence-electron chi connectivity index (χ4n) is 3.49. The lowest BCUT2D eigenvalue weighted by atomic mass is 9.99. The highest BCUT2D eigenvalue weighted by Crippen LogP contribution is 2.30. The predicted molar refractivity (Wildman–Crippen MR) is 114 cm³/mol. The largest absolute Gasteiger partial charge is 0.394 e. The number of hydrogen-bond acceptors (Lipinski definition) is 11. The Morgan fingerprint density at radius 2 is 1.47 bits per heavy atom. The topological polar surface area (TPSA) is 169 Å². The van der Waals surface area contributed by atoms with Crippen LogP contribution in [-0.4, -0.2) is 115 Å². The molecule has 3 rings (SSSR count). The van der Waals surface area contributed by atoms with Crippen LogP contribution in [-0.2, 0) is 14.2 Å². The van der Waals surface area contributed by atoms with Crippen LogP contribution in [0.5, 0.6) is 0 Å². The van der Waals surface area contributed by atoms with Crippen LogP contribution in [0, 0.1) is 0 Å². The number of rotatable bonds is 8. The smallest absolute Gasteiger partial charge is 0.186 e. The highest BCUT2D eigenvalue weighted by Gasteiger charge is 2.47.